The highest BCUT2D eigenvalue weighted by atomic mass is 35.5. The van der Waals surface area contributed by atoms with Crippen molar-refractivity contribution < 1.29 is 0 Å². The Labute approximate surface area is 69.6 Å². The fourth-order valence-electron chi connectivity index (χ4n) is 1.27. The minimum atomic E-state index is 0.0667. The quantitative estimate of drug-likeness (QED) is 0.542. The van der Waals surface area contributed by atoms with E-state index in [0.717, 1.165) is 10.7 Å². The topological polar surface area (TPSA) is 28.1 Å². The van der Waals surface area contributed by atoms with Crippen LogP contribution >= 0.6 is 11.6 Å². The molecule has 0 amide bonds. The Bertz CT molecular complexity index is 377. The second-order valence-electron chi connectivity index (χ2n) is 2.76. The zero-order chi connectivity index (χ0) is 7.84. The van der Waals surface area contributed by atoms with E-state index in [9.17, 15) is 0 Å². The van der Waals surface area contributed by atoms with E-state index in [0.29, 0.717) is 6.54 Å². The van der Waals surface area contributed by atoms with Crippen LogP contribution in [0.2, 0.25) is 0 Å². The van der Waals surface area contributed by atoms with Gasteiger partial charge in [0.25, 0.3) is 0 Å². The lowest BCUT2D eigenvalue weighted by molar-refractivity contribution is 0.940. The van der Waals surface area contributed by atoms with Crippen molar-refractivity contribution in [3.63, 3.8) is 0 Å². The van der Waals surface area contributed by atoms with Gasteiger partial charge < -0.3 is 4.98 Å². The molecule has 1 aliphatic rings. The number of nitrogens with zero attached hydrogens (tertiary/aromatic N) is 1. The molecule has 3 heteroatoms. The van der Waals surface area contributed by atoms with E-state index in [1.807, 2.05) is 6.20 Å². The number of hydrogen-bond donors (Lipinski definition) is 1. The molecule has 0 aromatic carbocycles. The summed E-state index contributed by atoms with van der Waals surface area (Å²) in [7, 11) is 0. The molecule has 1 aromatic heterocycles. The van der Waals surface area contributed by atoms with Crippen LogP contribution in [0.15, 0.2) is 11.2 Å². The third kappa shape index (κ3) is 1.07. The number of aryl methyl sites for hydroxylation is 1. The van der Waals surface area contributed by atoms with E-state index >= 15 is 0 Å². The van der Waals surface area contributed by atoms with Crippen molar-refractivity contribution in [3.8, 4) is 0 Å². The van der Waals surface area contributed by atoms with Gasteiger partial charge in [0.05, 0.1) is 11.9 Å². The Hall–Kier alpha value is -0.760. The number of alkyl halides is 1. The summed E-state index contributed by atoms with van der Waals surface area (Å²) >= 11 is 5.91. The van der Waals surface area contributed by atoms with Crippen LogP contribution in [0.25, 0.3) is 6.08 Å². The number of halogens is 1. The van der Waals surface area contributed by atoms with Crippen LogP contribution in [0.5, 0.6) is 0 Å². The van der Waals surface area contributed by atoms with E-state index in [1.54, 1.807) is 0 Å². The summed E-state index contributed by atoms with van der Waals surface area (Å²) in [6.45, 7) is 2.74. The van der Waals surface area contributed by atoms with Gasteiger partial charge in [-0.25, -0.2) is 0 Å². The number of aromatic amines is 1. The fraction of sp³-hybridized carbons (Fsp3) is 0.375. The van der Waals surface area contributed by atoms with Gasteiger partial charge in [-0.1, -0.05) is 6.08 Å². The molecular formula is C8H9ClN2. The van der Waals surface area contributed by atoms with E-state index < -0.39 is 0 Å². The first kappa shape index (κ1) is 6.92. The molecule has 0 spiro atoms. The van der Waals surface area contributed by atoms with Gasteiger partial charge in [0, 0.05) is 11.4 Å². The summed E-state index contributed by atoms with van der Waals surface area (Å²) in [6.07, 6.45) is 4.01. The van der Waals surface area contributed by atoms with Crippen LogP contribution in [-0.4, -0.2) is 16.9 Å². The minimum Gasteiger partial charge on any atom is -0.346 e. The SMILES string of the molecule is Cc1c[nH]c2c1=CC(Cl)CN=2. The van der Waals surface area contributed by atoms with Gasteiger partial charge in [-0.2, -0.15) is 0 Å². The molecule has 58 valence electrons. The van der Waals surface area contributed by atoms with Crippen LogP contribution in [0, 0.1) is 6.92 Å². The standard InChI is InChI=1S/C8H9ClN2/c1-5-3-10-8-7(5)2-6(9)4-11-8/h2-3,6H,4H2,1H3,(H,10,11). The Morgan fingerprint density at radius 1 is 1.73 bits per heavy atom. The fourth-order valence-corrected chi connectivity index (χ4v) is 1.47. The van der Waals surface area contributed by atoms with Crippen LogP contribution in [0.3, 0.4) is 0 Å². The van der Waals surface area contributed by atoms with Crippen LogP contribution in [-0.2, 0) is 0 Å². The van der Waals surface area contributed by atoms with Crippen molar-refractivity contribution in [2.45, 2.75) is 12.3 Å². The molecule has 1 aliphatic heterocycles. The average molecular weight is 169 g/mol. The van der Waals surface area contributed by atoms with Crippen LogP contribution < -0.4 is 10.7 Å². The van der Waals surface area contributed by atoms with Gasteiger partial charge in [0.1, 0.15) is 5.49 Å². The maximum Gasteiger partial charge on any atom is 0.132 e. The van der Waals surface area contributed by atoms with Crippen molar-refractivity contribution in [1.82, 2.24) is 4.98 Å². The molecule has 1 unspecified atom stereocenters. The van der Waals surface area contributed by atoms with E-state index in [-0.39, 0.29) is 5.38 Å². The second kappa shape index (κ2) is 2.38. The lowest BCUT2D eigenvalue weighted by atomic mass is 10.2. The van der Waals surface area contributed by atoms with Crippen molar-refractivity contribution in [3.05, 3.63) is 22.5 Å². The average Bonchev–Trinajstić information content (AvgIpc) is 2.33. The van der Waals surface area contributed by atoms with E-state index in [1.165, 1.54) is 5.56 Å². The number of nitrogens with one attached hydrogen (secondary N) is 1. The maximum absolute atomic E-state index is 5.91. The Kier molecular flexibility index (Phi) is 1.50. The second-order valence-corrected chi connectivity index (χ2v) is 3.32. The number of H-pyrrole nitrogens is 1. The zero-order valence-corrected chi connectivity index (χ0v) is 7.02. The molecule has 0 saturated carbocycles. The Balaban J connectivity index is 2.77. The zero-order valence-electron chi connectivity index (χ0n) is 6.26. The lowest BCUT2D eigenvalue weighted by Gasteiger charge is -2.01. The summed E-state index contributed by atoms with van der Waals surface area (Å²) in [4.78, 5) is 7.37. The summed E-state index contributed by atoms with van der Waals surface area (Å²) < 4.78 is 0. The Morgan fingerprint density at radius 2 is 2.55 bits per heavy atom. The maximum atomic E-state index is 5.91. The predicted octanol–water partition coefficient (Wildman–Crippen LogP) is 0.344. The highest BCUT2D eigenvalue weighted by molar-refractivity contribution is 6.24. The Morgan fingerprint density at radius 3 is 3.36 bits per heavy atom. The summed E-state index contributed by atoms with van der Waals surface area (Å²) in [5, 5.41) is 1.23. The van der Waals surface area contributed by atoms with Gasteiger partial charge >= 0.3 is 0 Å². The first-order valence-electron chi connectivity index (χ1n) is 3.62. The number of hydrogen-bond acceptors (Lipinski definition) is 1. The van der Waals surface area contributed by atoms with Crippen LogP contribution in [0.1, 0.15) is 5.56 Å². The minimum absolute atomic E-state index is 0.0667. The number of fused-ring (bicyclic) bond motifs is 1. The van der Waals surface area contributed by atoms with Crippen LogP contribution in [0.4, 0.5) is 0 Å². The van der Waals surface area contributed by atoms with Crippen molar-refractivity contribution >= 4 is 17.7 Å². The summed E-state index contributed by atoms with van der Waals surface area (Å²) in [5.41, 5.74) is 2.19. The molecule has 1 atom stereocenters. The smallest absolute Gasteiger partial charge is 0.132 e. The predicted molar refractivity (Wildman–Crippen MR) is 45.3 cm³/mol. The third-order valence-corrected chi connectivity index (χ3v) is 2.14. The molecule has 1 N–H and O–H groups in total. The third-order valence-electron chi connectivity index (χ3n) is 1.88. The van der Waals surface area contributed by atoms with Gasteiger partial charge in [-0.05, 0) is 12.5 Å². The molecule has 0 saturated heterocycles. The molecule has 0 radical (unpaired) electrons. The van der Waals surface area contributed by atoms with Crippen molar-refractivity contribution in [1.29, 1.82) is 0 Å². The van der Waals surface area contributed by atoms with Gasteiger partial charge in [0.15, 0.2) is 0 Å². The molecule has 1 aromatic rings. The first-order chi connectivity index (χ1) is 5.27. The molecular weight excluding hydrogens is 160 g/mol. The summed E-state index contributed by atoms with van der Waals surface area (Å²) in [6, 6.07) is 0. The van der Waals surface area contributed by atoms with Crippen molar-refractivity contribution in [2.75, 3.05) is 6.54 Å². The first-order valence-corrected chi connectivity index (χ1v) is 4.05. The van der Waals surface area contributed by atoms with Gasteiger partial charge in [-0.15, -0.1) is 11.6 Å². The molecule has 0 bridgehead atoms. The molecule has 2 heterocycles. The lowest BCUT2D eigenvalue weighted by Crippen LogP contribution is -2.31. The molecule has 0 fully saturated rings. The summed E-state index contributed by atoms with van der Waals surface area (Å²) in [5.74, 6) is 0. The molecule has 2 nitrogen and oxygen atoms in total. The number of aromatic nitrogens is 1. The molecule has 11 heavy (non-hydrogen) atoms. The van der Waals surface area contributed by atoms with E-state index in [2.05, 4.69) is 23.0 Å². The highest BCUT2D eigenvalue weighted by Crippen LogP contribution is 1.99. The molecule has 2 rings (SSSR count). The van der Waals surface area contributed by atoms with Gasteiger partial charge in [-0.3, -0.25) is 4.99 Å². The monoisotopic (exact) mass is 168 g/mol. The van der Waals surface area contributed by atoms with E-state index in [4.69, 9.17) is 11.6 Å². The van der Waals surface area contributed by atoms with Crippen molar-refractivity contribution in [2.24, 2.45) is 4.99 Å². The van der Waals surface area contributed by atoms with Gasteiger partial charge in [0.2, 0.25) is 0 Å². The normalized spacial score (nSPS) is 21.8. The number of rotatable bonds is 0. The molecule has 0 aliphatic carbocycles. The largest absolute Gasteiger partial charge is 0.346 e. The highest BCUT2D eigenvalue weighted by Gasteiger charge is 2.05.